The lowest BCUT2D eigenvalue weighted by Gasteiger charge is -2.42. The maximum Gasteiger partial charge on any atom is 0.228 e. The summed E-state index contributed by atoms with van der Waals surface area (Å²) in [6.07, 6.45) is 6.34. The molecule has 5 nitrogen and oxygen atoms in total. The summed E-state index contributed by atoms with van der Waals surface area (Å²) in [6.45, 7) is 7.42. The van der Waals surface area contributed by atoms with Crippen LogP contribution in [-0.4, -0.2) is 41.8 Å². The maximum absolute atomic E-state index is 13.0. The average molecular weight is 408 g/mol. The Hall–Kier alpha value is -2.69. The number of hydrogen-bond donors (Lipinski definition) is 1. The van der Waals surface area contributed by atoms with Gasteiger partial charge in [-0.3, -0.25) is 14.6 Å². The highest BCUT2D eigenvalue weighted by Crippen LogP contribution is 2.36. The van der Waals surface area contributed by atoms with Gasteiger partial charge in [0.1, 0.15) is 0 Å². The molecule has 1 saturated heterocycles. The Labute approximate surface area is 179 Å². The number of benzene rings is 1. The topological polar surface area (TPSA) is 62.3 Å². The van der Waals surface area contributed by atoms with Crippen molar-refractivity contribution in [2.45, 2.75) is 46.5 Å². The minimum absolute atomic E-state index is 0.0162. The zero-order valence-electron chi connectivity index (χ0n) is 18.6. The molecule has 0 spiro atoms. The lowest BCUT2D eigenvalue weighted by molar-refractivity contribution is -0.142. The second-order valence-corrected chi connectivity index (χ2v) is 9.63. The van der Waals surface area contributed by atoms with Gasteiger partial charge in [-0.05, 0) is 47.4 Å². The average Bonchev–Trinajstić information content (AvgIpc) is 2.73. The van der Waals surface area contributed by atoms with Gasteiger partial charge in [0.05, 0.1) is 5.41 Å². The van der Waals surface area contributed by atoms with Crippen molar-refractivity contribution in [3.05, 3.63) is 54.4 Å². The maximum atomic E-state index is 13.0. The second-order valence-electron chi connectivity index (χ2n) is 9.63. The smallest absolute Gasteiger partial charge is 0.228 e. The minimum atomic E-state index is -0.603. The number of carbonyl (C=O) groups is 2. The van der Waals surface area contributed by atoms with Crippen LogP contribution in [0.3, 0.4) is 0 Å². The fourth-order valence-electron chi connectivity index (χ4n) is 4.37. The van der Waals surface area contributed by atoms with Gasteiger partial charge in [0.25, 0.3) is 0 Å². The van der Waals surface area contributed by atoms with Crippen LogP contribution in [-0.2, 0) is 16.0 Å². The van der Waals surface area contributed by atoms with Gasteiger partial charge in [-0.15, -0.1) is 0 Å². The summed E-state index contributed by atoms with van der Waals surface area (Å²) in [5.74, 6) is 0.155. The van der Waals surface area contributed by atoms with E-state index in [1.54, 1.807) is 13.2 Å². The monoisotopic (exact) mass is 407 g/mol. The van der Waals surface area contributed by atoms with Crippen LogP contribution in [0, 0.1) is 10.8 Å². The Morgan fingerprint density at radius 1 is 1.17 bits per heavy atom. The number of likely N-dealkylation sites (tertiary alicyclic amines) is 1. The van der Waals surface area contributed by atoms with Crippen molar-refractivity contribution in [1.29, 1.82) is 0 Å². The standard InChI is InChI=1S/C25H33N3O2/c1-24(2,3)16-22(29)28-13-7-11-25(18-28,23(30)26-4)15-19-8-5-9-20(14-19)21-10-6-12-27-17-21/h5-6,8-10,12,14,17H,7,11,13,15-16,18H2,1-4H3,(H,26,30)/t25-/m1/s1. The molecule has 1 fully saturated rings. The van der Waals surface area contributed by atoms with Crippen LogP contribution in [0.1, 0.15) is 45.6 Å². The Morgan fingerprint density at radius 3 is 2.60 bits per heavy atom. The molecule has 1 aromatic carbocycles. The van der Waals surface area contributed by atoms with Gasteiger partial charge in [0.15, 0.2) is 0 Å². The molecule has 1 aliphatic rings. The number of carbonyl (C=O) groups excluding carboxylic acids is 2. The SMILES string of the molecule is CNC(=O)[C@@]1(Cc2cccc(-c3cccnc3)c2)CCCN(C(=O)CC(C)(C)C)C1. The van der Waals surface area contributed by atoms with Crippen molar-refractivity contribution in [2.75, 3.05) is 20.1 Å². The van der Waals surface area contributed by atoms with Gasteiger partial charge >= 0.3 is 0 Å². The van der Waals surface area contributed by atoms with E-state index in [9.17, 15) is 9.59 Å². The minimum Gasteiger partial charge on any atom is -0.359 e. The predicted octanol–water partition coefficient (Wildman–Crippen LogP) is 4.08. The van der Waals surface area contributed by atoms with Crippen molar-refractivity contribution >= 4 is 11.8 Å². The molecule has 1 N–H and O–H groups in total. The number of hydrogen-bond acceptors (Lipinski definition) is 3. The molecular weight excluding hydrogens is 374 g/mol. The first-order valence-electron chi connectivity index (χ1n) is 10.7. The van der Waals surface area contributed by atoms with E-state index in [0.29, 0.717) is 19.4 Å². The van der Waals surface area contributed by atoms with Crippen LogP contribution in [0.25, 0.3) is 11.1 Å². The summed E-state index contributed by atoms with van der Waals surface area (Å²) in [7, 11) is 1.69. The Kier molecular flexibility index (Phi) is 6.59. The van der Waals surface area contributed by atoms with Gasteiger partial charge < -0.3 is 10.2 Å². The van der Waals surface area contributed by atoms with Crippen LogP contribution < -0.4 is 5.32 Å². The number of aromatic nitrogens is 1. The van der Waals surface area contributed by atoms with E-state index in [2.05, 4.69) is 49.3 Å². The number of nitrogens with zero attached hydrogens (tertiary/aromatic N) is 2. The molecule has 0 aliphatic carbocycles. The number of pyridine rings is 1. The molecule has 160 valence electrons. The molecule has 2 heterocycles. The van der Waals surface area contributed by atoms with Gasteiger partial charge in [0, 0.05) is 39.0 Å². The third kappa shape index (κ3) is 5.26. The van der Waals surface area contributed by atoms with E-state index in [1.807, 2.05) is 29.3 Å². The van der Waals surface area contributed by atoms with Crippen molar-refractivity contribution in [3.63, 3.8) is 0 Å². The third-order valence-electron chi connectivity index (χ3n) is 5.78. The molecule has 0 saturated carbocycles. The molecule has 0 radical (unpaired) electrons. The van der Waals surface area contributed by atoms with E-state index in [-0.39, 0.29) is 17.2 Å². The first kappa shape index (κ1) is 22.0. The summed E-state index contributed by atoms with van der Waals surface area (Å²) >= 11 is 0. The number of nitrogens with one attached hydrogen (secondary N) is 1. The van der Waals surface area contributed by atoms with Crippen LogP contribution in [0.4, 0.5) is 0 Å². The van der Waals surface area contributed by atoms with Crippen LogP contribution in [0.2, 0.25) is 0 Å². The van der Waals surface area contributed by atoms with Gasteiger partial charge in [-0.25, -0.2) is 0 Å². The highest BCUT2D eigenvalue weighted by molar-refractivity contribution is 5.85. The summed E-state index contributed by atoms with van der Waals surface area (Å²) < 4.78 is 0. The normalized spacial score (nSPS) is 19.4. The summed E-state index contributed by atoms with van der Waals surface area (Å²) in [4.78, 5) is 32.0. The molecule has 1 aliphatic heterocycles. The van der Waals surface area contributed by atoms with Crippen molar-refractivity contribution < 1.29 is 9.59 Å². The number of rotatable bonds is 5. The predicted molar refractivity (Wildman–Crippen MR) is 120 cm³/mol. The highest BCUT2D eigenvalue weighted by atomic mass is 16.2. The van der Waals surface area contributed by atoms with Gasteiger partial charge in [-0.2, -0.15) is 0 Å². The largest absolute Gasteiger partial charge is 0.359 e. The van der Waals surface area contributed by atoms with Crippen LogP contribution >= 0.6 is 0 Å². The second kappa shape index (κ2) is 8.99. The van der Waals surface area contributed by atoms with E-state index < -0.39 is 5.41 Å². The van der Waals surface area contributed by atoms with E-state index in [0.717, 1.165) is 36.1 Å². The van der Waals surface area contributed by atoms with E-state index in [1.165, 1.54) is 0 Å². The van der Waals surface area contributed by atoms with Gasteiger partial charge in [-0.1, -0.05) is 51.1 Å². The van der Waals surface area contributed by atoms with Gasteiger partial charge in [0.2, 0.25) is 11.8 Å². The first-order chi connectivity index (χ1) is 14.2. The quantitative estimate of drug-likeness (QED) is 0.812. The summed E-state index contributed by atoms with van der Waals surface area (Å²) in [6, 6.07) is 12.3. The Balaban J connectivity index is 1.86. The molecule has 2 aromatic rings. The van der Waals surface area contributed by atoms with Crippen molar-refractivity contribution in [3.8, 4) is 11.1 Å². The number of piperidine rings is 1. The molecule has 5 heteroatoms. The van der Waals surface area contributed by atoms with Crippen LogP contribution in [0.5, 0.6) is 0 Å². The van der Waals surface area contributed by atoms with Crippen LogP contribution in [0.15, 0.2) is 48.8 Å². The zero-order chi connectivity index (χ0) is 21.8. The molecule has 3 rings (SSSR count). The lowest BCUT2D eigenvalue weighted by atomic mass is 9.73. The summed E-state index contributed by atoms with van der Waals surface area (Å²) in [5, 5.41) is 2.86. The number of amides is 2. The highest BCUT2D eigenvalue weighted by Gasteiger charge is 2.43. The molecule has 1 atom stereocenters. The third-order valence-corrected chi connectivity index (χ3v) is 5.78. The summed E-state index contributed by atoms with van der Waals surface area (Å²) in [5.41, 5.74) is 2.57. The van der Waals surface area contributed by atoms with E-state index in [4.69, 9.17) is 0 Å². The molecule has 2 amide bonds. The molecular formula is C25H33N3O2. The first-order valence-corrected chi connectivity index (χ1v) is 10.7. The zero-order valence-corrected chi connectivity index (χ0v) is 18.6. The molecule has 0 bridgehead atoms. The Morgan fingerprint density at radius 2 is 1.93 bits per heavy atom. The Bertz CT molecular complexity index is 889. The molecule has 1 aromatic heterocycles. The lowest BCUT2D eigenvalue weighted by Crippen LogP contribution is -2.54. The molecule has 0 unspecified atom stereocenters. The molecule has 30 heavy (non-hydrogen) atoms. The fraction of sp³-hybridized carbons (Fsp3) is 0.480. The fourth-order valence-corrected chi connectivity index (χ4v) is 4.37. The van der Waals surface area contributed by atoms with Crippen molar-refractivity contribution in [1.82, 2.24) is 15.2 Å². The van der Waals surface area contributed by atoms with Crippen molar-refractivity contribution in [2.24, 2.45) is 10.8 Å². The van der Waals surface area contributed by atoms with E-state index >= 15 is 0 Å².